The summed E-state index contributed by atoms with van der Waals surface area (Å²) in [5.41, 5.74) is 4.03. The molecule has 14 nitrogen and oxygen atoms in total. The molecular formula is C35H44N10O4. The maximum Gasteiger partial charge on any atom is 0.287 e. The fourth-order valence-electron chi connectivity index (χ4n) is 6.40. The molecule has 2 fully saturated rings. The Bertz CT molecular complexity index is 2020. The van der Waals surface area contributed by atoms with Crippen LogP contribution in [0.25, 0.3) is 22.1 Å². The summed E-state index contributed by atoms with van der Waals surface area (Å²) in [6.45, 7) is 8.21. The van der Waals surface area contributed by atoms with Crippen LogP contribution in [0.3, 0.4) is 0 Å². The number of pyridine rings is 2. The van der Waals surface area contributed by atoms with Gasteiger partial charge in [0.05, 0.1) is 33.5 Å². The van der Waals surface area contributed by atoms with Crippen molar-refractivity contribution >= 4 is 33.4 Å². The molecule has 0 aliphatic carbocycles. The highest BCUT2D eigenvalue weighted by Crippen LogP contribution is 2.26. The zero-order valence-corrected chi connectivity index (χ0v) is 28.5. The highest BCUT2D eigenvalue weighted by Gasteiger charge is 2.21. The summed E-state index contributed by atoms with van der Waals surface area (Å²) in [6.07, 6.45) is 6.94. The molecule has 0 atom stereocenters. The van der Waals surface area contributed by atoms with Gasteiger partial charge in [0.15, 0.2) is 11.3 Å². The zero-order chi connectivity index (χ0) is 34.5. The van der Waals surface area contributed by atoms with Crippen molar-refractivity contribution in [2.45, 2.75) is 58.2 Å². The van der Waals surface area contributed by atoms with E-state index in [2.05, 4.69) is 54.5 Å². The Morgan fingerprint density at radius 3 is 1.78 bits per heavy atom. The van der Waals surface area contributed by atoms with Crippen LogP contribution in [0.2, 0.25) is 0 Å². The molecular weight excluding hydrogens is 624 g/mol. The summed E-state index contributed by atoms with van der Waals surface area (Å²) in [6, 6.07) is 13.4. The minimum absolute atomic E-state index is 0.239. The smallest absolute Gasteiger partial charge is 0.287 e. The van der Waals surface area contributed by atoms with Gasteiger partial charge in [-0.15, -0.1) is 9.46 Å². The largest absolute Gasteiger partial charge is 0.423 e. The molecule has 258 valence electrons. The lowest BCUT2D eigenvalue weighted by molar-refractivity contribution is 0.0979. The molecule has 7 rings (SSSR count). The Balaban J connectivity index is 0.000000177. The van der Waals surface area contributed by atoms with Crippen LogP contribution >= 0.6 is 0 Å². The van der Waals surface area contributed by atoms with E-state index in [4.69, 9.17) is 4.84 Å². The maximum absolute atomic E-state index is 12.8. The number of nitrogens with one attached hydrogen (secondary N) is 2. The van der Waals surface area contributed by atoms with E-state index in [-0.39, 0.29) is 11.2 Å². The van der Waals surface area contributed by atoms with Crippen molar-refractivity contribution in [2.24, 2.45) is 0 Å². The Hall–Kier alpha value is -5.08. The molecule has 0 bridgehead atoms. The molecule has 2 aliphatic rings. The number of anilines is 2. The van der Waals surface area contributed by atoms with E-state index in [1.54, 1.807) is 6.07 Å². The first-order chi connectivity index (χ1) is 23.7. The SMILES string of the molecule is Cc1ncnc2c1c(NC1CCN(C)CC1)cc(=O)n2O.Cc1ncnc2c1c(NC1CCN(C)CC1)cc(=O)n2OCc1ccccc1. The third-order valence-electron chi connectivity index (χ3n) is 9.27. The van der Waals surface area contributed by atoms with Gasteiger partial charge in [-0.3, -0.25) is 9.59 Å². The number of rotatable bonds is 7. The van der Waals surface area contributed by atoms with E-state index >= 15 is 0 Å². The Kier molecular flexibility index (Phi) is 10.3. The fraction of sp³-hybridized carbons (Fsp3) is 0.429. The Morgan fingerprint density at radius 2 is 1.22 bits per heavy atom. The second kappa shape index (κ2) is 15.0. The molecule has 2 aliphatic heterocycles. The molecule has 0 saturated carbocycles. The lowest BCUT2D eigenvalue weighted by Gasteiger charge is -2.30. The first-order valence-electron chi connectivity index (χ1n) is 16.7. The molecule has 0 spiro atoms. The van der Waals surface area contributed by atoms with Gasteiger partial charge in [0.1, 0.15) is 19.3 Å². The summed E-state index contributed by atoms with van der Waals surface area (Å²) in [4.78, 5) is 52.0. The lowest BCUT2D eigenvalue weighted by atomic mass is 10.0. The number of benzene rings is 1. The fourth-order valence-corrected chi connectivity index (χ4v) is 6.40. The summed E-state index contributed by atoms with van der Waals surface area (Å²) in [7, 11) is 4.24. The van der Waals surface area contributed by atoms with E-state index in [1.165, 1.54) is 23.5 Å². The van der Waals surface area contributed by atoms with Crippen molar-refractivity contribution in [3.63, 3.8) is 0 Å². The molecule has 0 radical (unpaired) electrons. The number of nitrogens with zero attached hydrogens (tertiary/aromatic N) is 8. The first kappa shape index (κ1) is 33.8. The predicted molar refractivity (Wildman–Crippen MR) is 189 cm³/mol. The van der Waals surface area contributed by atoms with Crippen molar-refractivity contribution in [1.29, 1.82) is 0 Å². The second-order valence-electron chi connectivity index (χ2n) is 12.9. The summed E-state index contributed by atoms with van der Waals surface area (Å²) in [5.74, 6) is 0. The van der Waals surface area contributed by atoms with Gasteiger partial charge < -0.3 is 30.5 Å². The minimum atomic E-state index is -0.490. The molecule has 6 heterocycles. The van der Waals surface area contributed by atoms with Crippen LogP contribution in [0.15, 0.2) is 64.7 Å². The highest BCUT2D eigenvalue weighted by atomic mass is 16.7. The van der Waals surface area contributed by atoms with Crippen LogP contribution in [-0.2, 0) is 6.61 Å². The van der Waals surface area contributed by atoms with Gasteiger partial charge in [-0.25, -0.2) is 19.9 Å². The monoisotopic (exact) mass is 668 g/mol. The number of hydrogen-bond donors (Lipinski definition) is 3. The number of hydrogen-bond acceptors (Lipinski definition) is 12. The van der Waals surface area contributed by atoms with E-state index < -0.39 is 5.56 Å². The highest BCUT2D eigenvalue weighted by molar-refractivity contribution is 5.91. The van der Waals surface area contributed by atoms with E-state index in [1.807, 2.05) is 44.2 Å². The first-order valence-corrected chi connectivity index (χ1v) is 16.7. The molecule has 14 heteroatoms. The summed E-state index contributed by atoms with van der Waals surface area (Å²) >= 11 is 0. The molecule has 5 aromatic rings. The van der Waals surface area contributed by atoms with Crippen molar-refractivity contribution in [3.8, 4) is 0 Å². The maximum atomic E-state index is 12.8. The average Bonchev–Trinajstić information content (AvgIpc) is 3.09. The Labute approximate surface area is 284 Å². The van der Waals surface area contributed by atoms with E-state index in [0.29, 0.717) is 40.1 Å². The second-order valence-corrected chi connectivity index (χ2v) is 12.9. The minimum Gasteiger partial charge on any atom is -0.423 e. The number of piperidine rings is 2. The molecule has 49 heavy (non-hydrogen) atoms. The molecule has 3 N–H and O–H groups in total. The van der Waals surface area contributed by atoms with E-state index in [0.717, 1.165) is 79.9 Å². The van der Waals surface area contributed by atoms with Gasteiger partial charge in [0, 0.05) is 24.2 Å². The molecule has 0 amide bonds. The number of aromatic nitrogens is 6. The van der Waals surface area contributed by atoms with Crippen LogP contribution in [0.5, 0.6) is 0 Å². The molecule has 1 aromatic carbocycles. The number of aryl methyl sites for hydroxylation is 2. The van der Waals surface area contributed by atoms with Crippen LogP contribution in [0, 0.1) is 13.8 Å². The van der Waals surface area contributed by atoms with Gasteiger partial charge in [-0.05, 0) is 85.4 Å². The van der Waals surface area contributed by atoms with Crippen molar-refractivity contribution in [2.75, 3.05) is 50.9 Å². The van der Waals surface area contributed by atoms with Gasteiger partial charge in [-0.2, -0.15) is 0 Å². The van der Waals surface area contributed by atoms with Crippen LogP contribution in [0.4, 0.5) is 11.4 Å². The third-order valence-corrected chi connectivity index (χ3v) is 9.27. The van der Waals surface area contributed by atoms with Crippen molar-refractivity contribution in [1.82, 2.24) is 39.2 Å². The molecule has 2 saturated heterocycles. The number of fused-ring (bicyclic) bond motifs is 2. The molecule has 0 unspecified atom stereocenters. The third kappa shape index (κ3) is 7.81. The normalized spacial score (nSPS) is 16.3. The Morgan fingerprint density at radius 1 is 0.735 bits per heavy atom. The average molecular weight is 669 g/mol. The topological polar surface area (TPSA) is 156 Å². The number of likely N-dealkylation sites (tertiary alicyclic amines) is 2. The zero-order valence-electron chi connectivity index (χ0n) is 28.5. The summed E-state index contributed by atoms with van der Waals surface area (Å²) in [5, 5.41) is 18.3. The quantitative estimate of drug-likeness (QED) is 0.218. The van der Waals surface area contributed by atoms with Crippen LogP contribution in [0.1, 0.15) is 42.6 Å². The van der Waals surface area contributed by atoms with Crippen LogP contribution < -0.4 is 26.6 Å². The van der Waals surface area contributed by atoms with Crippen molar-refractivity contribution in [3.05, 3.63) is 92.8 Å². The lowest BCUT2D eigenvalue weighted by Crippen LogP contribution is -2.37. The van der Waals surface area contributed by atoms with Gasteiger partial charge >= 0.3 is 0 Å². The standard InChI is InChI=1S/C21H25N5O2.C14H19N5O2/c1-15-20-18(24-17-8-10-25(2)11-9-17)12-19(27)26(21(20)23-14-22-15)28-13-16-6-4-3-5-7-16;1-9-13-11(17-10-3-5-18(2)6-4-10)7-12(20)19(21)14(13)16-8-15-9/h3-7,12,14,17,24H,8-11,13H2,1-2H3;7-8,10,17,21H,3-6H2,1-2H3. The van der Waals surface area contributed by atoms with Gasteiger partial charge in [0.25, 0.3) is 11.1 Å². The van der Waals surface area contributed by atoms with Crippen LogP contribution in [-0.4, -0.2) is 96.8 Å². The molecule has 4 aromatic heterocycles. The predicted octanol–water partition coefficient (Wildman–Crippen LogP) is 3.08. The van der Waals surface area contributed by atoms with Gasteiger partial charge in [0.2, 0.25) is 0 Å². The van der Waals surface area contributed by atoms with E-state index in [9.17, 15) is 14.8 Å². The van der Waals surface area contributed by atoms with Crippen molar-refractivity contribution < 1.29 is 10.0 Å². The van der Waals surface area contributed by atoms with Gasteiger partial charge in [-0.1, -0.05) is 30.3 Å². The summed E-state index contributed by atoms with van der Waals surface area (Å²) < 4.78 is 1.85.